The molecule has 0 aromatic rings. The molecule has 0 aliphatic carbocycles. The molecule has 2 atom stereocenters. The average Bonchev–Trinajstić information content (AvgIpc) is 2.67. The molecule has 15 heavy (non-hydrogen) atoms. The molecular weight excluding hydrogens is 196 g/mol. The summed E-state index contributed by atoms with van der Waals surface area (Å²) in [4.78, 5) is 32.2. The van der Waals surface area contributed by atoms with Crippen molar-refractivity contribution in [3.8, 4) is 0 Å². The van der Waals surface area contributed by atoms with Crippen LogP contribution < -0.4 is 0 Å². The van der Waals surface area contributed by atoms with Crippen molar-refractivity contribution in [1.29, 1.82) is 0 Å². The van der Waals surface area contributed by atoms with E-state index < -0.39 is 0 Å². The number of rotatable bonds is 1. The van der Waals surface area contributed by atoms with Crippen LogP contribution in [0.15, 0.2) is 4.99 Å². The molecule has 3 amide bonds. The van der Waals surface area contributed by atoms with Crippen molar-refractivity contribution in [3.05, 3.63) is 0 Å². The lowest BCUT2D eigenvalue weighted by molar-refractivity contribution is -0.136. The minimum absolute atomic E-state index is 0.178. The standard InChI is InChI=1S/C9H14N4O2/c1-4-13-5-10-7-6(13)8(14)12(3)9(15)11(7)2/h5-7H,4H2,1-3H3. The van der Waals surface area contributed by atoms with E-state index in [1.54, 1.807) is 13.4 Å². The Hall–Kier alpha value is -1.59. The minimum Gasteiger partial charge on any atom is -0.348 e. The van der Waals surface area contributed by atoms with Crippen LogP contribution in [0.1, 0.15) is 6.92 Å². The molecule has 0 bridgehead atoms. The van der Waals surface area contributed by atoms with Crippen LogP contribution in [0, 0.1) is 0 Å². The summed E-state index contributed by atoms with van der Waals surface area (Å²) in [6, 6.07) is -0.640. The molecule has 0 saturated carbocycles. The highest BCUT2D eigenvalue weighted by Crippen LogP contribution is 2.23. The summed E-state index contributed by atoms with van der Waals surface area (Å²) in [5.41, 5.74) is 0. The summed E-state index contributed by atoms with van der Waals surface area (Å²) in [7, 11) is 3.17. The van der Waals surface area contributed by atoms with Gasteiger partial charge in [0.1, 0.15) is 0 Å². The van der Waals surface area contributed by atoms with Crippen LogP contribution >= 0.6 is 0 Å². The molecule has 0 spiro atoms. The van der Waals surface area contributed by atoms with E-state index in [2.05, 4.69) is 4.99 Å². The molecule has 2 aliphatic rings. The predicted octanol–water partition coefficient (Wildman–Crippen LogP) is -0.431. The monoisotopic (exact) mass is 210 g/mol. The predicted molar refractivity (Wildman–Crippen MR) is 54.4 cm³/mol. The van der Waals surface area contributed by atoms with Crippen molar-refractivity contribution >= 4 is 18.3 Å². The zero-order valence-corrected chi connectivity index (χ0v) is 9.04. The van der Waals surface area contributed by atoms with Gasteiger partial charge in [-0.2, -0.15) is 0 Å². The highest BCUT2D eigenvalue weighted by molar-refractivity contribution is 6.01. The second-order valence-corrected chi connectivity index (χ2v) is 3.74. The number of carbonyl (C=O) groups excluding carboxylic acids is 2. The van der Waals surface area contributed by atoms with Gasteiger partial charge in [0, 0.05) is 20.6 Å². The van der Waals surface area contributed by atoms with Gasteiger partial charge in [0.25, 0.3) is 5.91 Å². The summed E-state index contributed by atoms with van der Waals surface area (Å²) in [5.74, 6) is -0.178. The third kappa shape index (κ3) is 1.20. The van der Waals surface area contributed by atoms with E-state index in [-0.39, 0.29) is 24.1 Å². The van der Waals surface area contributed by atoms with Crippen LogP contribution in [0.2, 0.25) is 0 Å². The lowest BCUT2D eigenvalue weighted by Crippen LogP contribution is -2.63. The Bertz CT molecular complexity index is 341. The number of imide groups is 1. The van der Waals surface area contributed by atoms with Gasteiger partial charge in [0.05, 0.1) is 6.34 Å². The smallest absolute Gasteiger partial charge is 0.328 e. The van der Waals surface area contributed by atoms with Crippen molar-refractivity contribution in [2.45, 2.75) is 19.1 Å². The number of aliphatic imine (C=N–C) groups is 1. The zero-order valence-electron chi connectivity index (χ0n) is 9.04. The van der Waals surface area contributed by atoms with Crippen molar-refractivity contribution < 1.29 is 9.59 Å². The molecule has 0 N–H and O–H groups in total. The first-order valence-electron chi connectivity index (χ1n) is 4.91. The third-order valence-electron chi connectivity index (χ3n) is 2.94. The molecule has 2 unspecified atom stereocenters. The molecule has 6 nitrogen and oxygen atoms in total. The summed E-state index contributed by atoms with van der Waals surface area (Å²) in [5, 5.41) is 0. The molecule has 2 heterocycles. The van der Waals surface area contributed by atoms with Gasteiger partial charge in [-0.15, -0.1) is 0 Å². The van der Waals surface area contributed by atoms with Gasteiger partial charge in [-0.3, -0.25) is 9.69 Å². The lowest BCUT2D eigenvalue weighted by Gasteiger charge is -2.39. The maximum atomic E-state index is 11.9. The van der Waals surface area contributed by atoms with Gasteiger partial charge < -0.3 is 9.80 Å². The van der Waals surface area contributed by atoms with Crippen molar-refractivity contribution in [2.24, 2.45) is 4.99 Å². The van der Waals surface area contributed by atoms with Crippen molar-refractivity contribution in [2.75, 3.05) is 20.6 Å². The fourth-order valence-electron chi connectivity index (χ4n) is 1.98. The number of amides is 3. The van der Waals surface area contributed by atoms with Gasteiger partial charge >= 0.3 is 6.03 Å². The second-order valence-electron chi connectivity index (χ2n) is 3.74. The zero-order chi connectivity index (χ0) is 11.2. The molecular formula is C9H14N4O2. The van der Waals surface area contributed by atoms with E-state index in [0.29, 0.717) is 6.54 Å². The lowest BCUT2D eigenvalue weighted by atomic mass is 10.1. The maximum absolute atomic E-state index is 11.9. The average molecular weight is 210 g/mol. The van der Waals surface area contributed by atoms with E-state index in [4.69, 9.17) is 0 Å². The molecule has 1 saturated heterocycles. The summed E-state index contributed by atoms with van der Waals surface area (Å²) >= 11 is 0. The summed E-state index contributed by atoms with van der Waals surface area (Å²) < 4.78 is 0. The minimum atomic E-state index is -0.360. The van der Waals surface area contributed by atoms with Crippen LogP contribution in [0.4, 0.5) is 4.79 Å². The van der Waals surface area contributed by atoms with Crippen LogP contribution in [-0.4, -0.2) is 65.8 Å². The fourth-order valence-corrected chi connectivity index (χ4v) is 1.98. The number of hydrogen-bond donors (Lipinski definition) is 0. The number of likely N-dealkylation sites (N-methyl/N-ethyl adjacent to an activating group) is 3. The molecule has 82 valence electrons. The number of nitrogens with zero attached hydrogens (tertiary/aromatic N) is 4. The maximum Gasteiger partial charge on any atom is 0.328 e. The molecule has 2 aliphatic heterocycles. The number of fused-ring (bicyclic) bond motifs is 1. The fraction of sp³-hybridized carbons (Fsp3) is 0.667. The Labute approximate surface area is 88.1 Å². The van der Waals surface area contributed by atoms with Crippen molar-refractivity contribution in [3.63, 3.8) is 0 Å². The molecule has 0 aromatic heterocycles. The van der Waals surface area contributed by atoms with Crippen LogP contribution in [0.3, 0.4) is 0 Å². The Kier molecular flexibility index (Phi) is 2.13. The van der Waals surface area contributed by atoms with E-state index in [1.807, 2.05) is 11.8 Å². The molecule has 1 fully saturated rings. The molecule has 0 radical (unpaired) electrons. The Morgan fingerprint density at radius 3 is 2.67 bits per heavy atom. The summed E-state index contributed by atoms with van der Waals surface area (Å²) in [6.45, 7) is 2.67. The van der Waals surface area contributed by atoms with Gasteiger partial charge in [-0.05, 0) is 6.92 Å². The molecule has 6 heteroatoms. The van der Waals surface area contributed by atoms with Gasteiger partial charge in [0.15, 0.2) is 12.2 Å². The number of hydrogen-bond acceptors (Lipinski definition) is 4. The summed E-state index contributed by atoms with van der Waals surface area (Å²) in [6.07, 6.45) is 1.29. The van der Waals surface area contributed by atoms with E-state index >= 15 is 0 Å². The molecule has 2 rings (SSSR count). The van der Waals surface area contributed by atoms with E-state index in [9.17, 15) is 9.59 Å². The first kappa shape index (κ1) is 9.95. The Morgan fingerprint density at radius 1 is 1.40 bits per heavy atom. The van der Waals surface area contributed by atoms with Crippen LogP contribution in [0.5, 0.6) is 0 Å². The topological polar surface area (TPSA) is 56.2 Å². The van der Waals surface area contributed by atoms with E-state index in [0.717, 1.165) is 4.90 Å². The van der Waals surface area contributed by atoms with Crippen LogP contribution in [0.25, 0.3) is 0 Å². The van der Waals surface area contributed by atoms with Crippen LogP contribution in [-0.2, 0) is 4.79 Å². The van der Waals surface area contributed by atoms with Crippen molar-refractivity contribution in [1.82, 2.24) is 14.7 Å². The SMILES string of the molecule is CCN1C=NC2C1C(=O)N(C)C(=O)N2C. The third-order valence-corrected chi connectivity index (χ3v) is 2.94. The number of carbonyl (C=O) groups is 2. The van der Waals surface area contributed by atoms with Gasteiger partial charge in [0.2, 0.25) is 0 Å². The Balaban J connectivity index is 2.32. The Morgan fingerprint density at radius 2 is 2.07 bits per heavy atom. The highest BCUT2D eigenvalue weighted by Gasteiger charge is 2.47. The quantitative estimate of drug-likeness (QED) is 0.590. The highest BCUT2D eigenvalue weighted by atomic mass is 16.2. The first-order valence-corrected chi connectivity index (χ1v) is 4.91. The van der Waals surface area contributed by atoms with Gasteiger partial charge in [-0.1, -0.05) is 0 Å². The normalized spacial score (nSPS) is 30.2. The van der Waals surface area contributed by atoms with Gasteiger partial charge in [-0.25, -0.2) is 9.79 Å². The van der Waals surface area contributed by atoms with E-state index in [1.165, 1.54) is 11.9 Å². The largest absolute Gasteiger partial charge is 0.348 e. The first-order chi connectivity index (χ1) is 7.07. The number of urea groups is 1. The second kappa shape index (κ2) is 3.22. The molecule has 0 aromatic carbocycles.